The number of fused-ring (bicyclic) bond motifs is 3. The Morgan fingerprint density at radius 2 is 1.51 bits per heavy atom. The van der Waals surface area contributed by atoms with Gasteiger partial charge < -0.3 is 19.5 Å². The number of amides is 1. The van der Waals surface area contributed by atoms with Crippen LogP contribution in [0.3, 0.4) is 0 Å². The minimum Gasteiger partial charge on any atom is -0.423 e. The van der Waals surface area contributed by atoms with E-state index in [1.807, 2.05) is 0 Å². The van der Waals surface area contributed by atoms with E-state index in [0.717, 1.165) is 32.1 Å². The molecule has 0 heterocycles. The highest BCUT2D eigenvalue weighted by molar-refractivity contribution is 5.96. The third kappa shape index (κ3) is 6.31. The van der Waals surface area contributed by atoms with Crippen molar-refractivity contribution in [1.29, 1.82) is 0 Å². The summed E-state index contributed by atoms with van der Waals surface area (Å²) in [5, 5.41) is 3.10. The molecule has 2 aliphatic carbocycles. The molecule has 1 N–H and O–H groups in total. The van der Waals surface area contributed by atoms with Gasteiger partial charge in [0.2, 0.25) is 5.75 Å². The molecule has 220 valence electrons. The van der Waals surface area contributed by atoms with E-state index in [1.54, 1.807) is 0 Å². The SMILES string of the molecule is CC(=O)Oc1cc(C(=O)NC[C@]2(C)CCC[C@]3(C)c4ccc(C(C)C)cc4CC[C@@H]23)cc(OC(C)=O)c1OC(C)=O. The van der Waals surface area contributed by atoms with Crippen LogP contribution in [0.4, 0.5) is 0 Å². The lowest BCUT2D eigenvalue weighted by Gasteiger charge is -2.55. The summed E-state index contributed by atoms with van der Waals surface area (Å²) in [5.74, 6) is -2.20. The minimum atomic E-state index is -0.702. The summed E-state index contributed by atoms with van der Waals surface area (Å²) in [6.07, 6.45) is 5.26. The summed E-state index contributed by atoms with van der Waals surface area (Å²) in [6, 6.07) is 9.62. The van der Waals surface area contributed by atoms with E-state index < -0.39 is 23.8 Å². The highest BCUT2D eigenvalue weighted by Gasteiger charge is 2.51. The first-order valence-electron chi connectivity index (χ1n) is 14.4. The van der Waals surface area contributed by atoms with Gasteiger partial charge in [-0.3, -0.25) is 19.2 Å². The van der Waals surface area contributed by atoms with Crippen molar-refractivity contribution in [3.05, 3.63) is 52.6 Å². The van der Waals surface area contributed by atoms with Crippen LogP contribution in [0, 0.1) is 11.3 Å². The summed E-state index contributed by atoms with van der Waals surface area (Å²) in [4.78, 5) is 48.7. The molecule has 0 aliphatic heterocycles. The van der Waals surface area contributed by atoms with Crippen molar-refractivity contribution < 1.29 is 33.4 Å². The van der Waals surface area contributed by atoms with E-state index in [2.05, 4.69) is 51.2 Å². The quantitative estimate of drug-likeness (QED) is 0.324. The van der Waals surface area contributed by atoms with Gasteiger partial charge in [0.15, 0.2) is 11.5 Å². The number of nitrogens with one attached hydrogen (secondary N) is 1. The standard InChI is InChI=1S/C33H41NO7/c1-19(2)23-9-11-26-24(15-23)10-12-29-32(6,13-8-14-33(26,29)7)18-34-31(38)25-16-27(39-20(3)35)30(41-22(5)37)28(17-25)40-21(4)36/h9,11,15-17,19,29H,8,10,12-14,18H2,1-7H3,(H,34,38)/t29-,32-,33+/m0/s1. The third-order valence-electron chi connectivity index (χ3n) is 8.86. The van der Waals surface area contributed by atoms with Gasteiger partial charge in [-0.25, -0.2) is 0 Å². The molecule has 41 heavy (non-hydrogen) atoms. The first kappa shape index (κ1) is 30.3. The van der Waals surface area contributed by atoms with Crippen LogP contribution in [0.25, 0.3) is 0 Å². The van der Waals surface area contributed by atoms with Gasteiger partial charge in [0, 0.05) is 32.9 Å². The molecular formula is C33H41NO7. The summed E-state index contributed by atoms with van der Waals surface area (Å²) >= 11 is 0. The number of hydrogen-bond donors (Lipinski definition) is 1. The van der Waals surface area contributed by atoms with Crippen LogP contribution < -0.4 is 19.5 Å². The number of benzene rings is 2. The fraction of sp³-hybridized carbons (Fsp3) is 0.515. The van der Waals surface area contributed by atoms with Gasteiger partial charge in [-0.15, -0.1) is 0 Å². The van der Waals surface area contributed by atoms with E-state index in [0.29, 0.717) is 18.4 Å². The van der Waals surface area contributed by atoms with Crippen LogP contribution in [0.2, 0.25) is 0 Å². The van der Waals surface area contributed by atoms with Crippen molar-refractivity contribution in [2.45, 2.75) is 91.9 Å². The molecule has 0 radical (unpaired) electrons. The van der Waals surface area contributed by atoms with E-state index in [-0.39, 0.29) is 33.6 Å². The number of aryl methyl sites for hydroxylation is 1. The van der Waals surface area contributed by atoms with Gasteiger partial charge in [-0.1, -0.05) is 52.3 Å². The molecule has 1 fully saturated rings. The lowest BCUT2D eigenvalue weighted by molar-refractivity contribution is -0.135. The normalized spacial score (nSPS) is 23.2. The monoisotopic (exact) mass is 563 g/mol. The summed E-state index contributed by atoms with van der Waals surface area (Å²) < 4.78 is 15.6. The summed E-state index contributed by atoms with van der Waals surface area (Å²) in [7, 11) is 0. The zero-order valence-corrected chi connectivity index (χ0v) is 25.1. The fourth-order valence-corrected chi connectivity index (χ4v) is 7.01. The number of carbonyl (C=O) groups is 4. The molecule has 2 aromatic rings. The summed E-state index contributed by atoms with van der Waals surface area (Å²) in [5.41, 5.74) is 4.27. The van der Waals surface area contributed by atoms with Crippen LogP contribution >= 0.6 is 0 Å². The highest BCUT2D eigenvalue weighted by Crippen LogP contribution is 2.57. The van der Waals surface area contributed by atoms with Gasteiger partial charge in [-0.2, -0.15) is 0 Å². The minimum absolute atomic E-state index is 0.0253. The van der Waals surface area contributed by atoms with Gasteiger partial charge in [0.05, 0.1) is 0 Å². The van der Waals surface area contributed by atoms with Crippen LogP contribution in [0.1, 0.15) is 107 Å². The van der Waals surface area contributed by atoms with Crippen molar-refractivity contribution in [3.8, 4) is 17.2 Å². The molecule has 2 aliphatic rings. The topological polar surface area (TPSA) is 108 Å². The van der Waals surface area contributed by atoms with Crippen molar-refractivity contribution in [3.63, 3.8) is 0 Å². The second-order valence-corrected chi connectivity index (χ2v) is 12.4. The Morgan fingerprint density at radius 1 is 0.902 bits per heavy atom. The predicted molar refractivity (Wildman–Crippen MR) is 154 cm³/mol. The van der Waals surface area contributed by atoms with Gasteiger partial charge >= 0.3 is 17.9 Å². The predicted octanol–water partition coefficient (Wildman–Crippen LogP) is 6.03. The largest absolute Gasteiger partial charge is 0.423 e. The second kappa shape index (κ2) is 11.7. The molecule has 0 spiro atoms. The molecule has 8 nitrogen and oxygen atoms in total. The second-order valence-electron chi connectivity index (χ2n) is 12.4. The Labute approximate surface area is 242 Å². The molecule has 0 aromatic heterocycles. The highest BCUT2D eigenvalue weighted by atomic mass is 16.6. The number of ether oxygens (including phenoxy) is 3. The lowest BCUT2D eigenvalue weighted by atomic mass is 9.49. The van der Waals surface area contributed by atoms with E-state index >= 15 is 0 Å². The molecule has 0 saturated heterocycles. The maximum absolute atomic E-state index is 13.5. The average molecular weight is 564 g/mol. The van der Waals surface area contributed by atoms with Gasteiger partial charge in [-0.05, 0) is 77.2 Å². The van der Waals surface area contributed by atoms with Gasteiger partial charge in [0.1, 0.15) is 0 Å². The zero-order valence-electron chi connectivity index (χ0n) is 25.1. The Morgan fingerprint density at radius 3 is 2.07 bits per heavy atom. The molecular weight excluding hydrogens is 522 g/mol. The number of carbonyl (C=O) groups excluding carboxylic acids is 4. The molecule has 8 heteroatoms. The molecule has 1 saturated carbocycles. The molecule has 0 unspecified atom stereocenters. The molecule has 0 bridgehead atoms. The lowest BCUT2D eigenvalue weighted by Crippen LogP contribution is -2.53. The number of esters is 3. The first-order valence-corrected chi connectivity index (χ1v) is 14.4. The molecule has 3 atom stereocenters. The van der Waals surface area contributed by atoms with Crippen LogP contribution in [0.15, 0.2) is 30.3 Å². The first-order chi connectivity index (χ1) is 19.2. The Balaban J connectivity index is 1.60. The van der Waals surface area contributed by atoms with E-state index in [1.165, 1.54) is 49.6 Å². The Bertz CT molecular complexity index is 1340. The molecule has 2 aromatic carbocycles. The van der Waals surface area contributed by atoms with Crippen molar-refractivity contribution in [2.75, 3.05) is 6.54 Å². The van der Waals surface area contributed by atoms with E-state index in [4.69, 9.17) is 14.2 Å². The Hall–Kier alpha value is -3.68. The smallest absolute Gasteiger partial charge is 0.308 e. The fourth-order valence-electron chi connectivity index (χ4n) is 7.01. The number of hydrogen-bond acceptors (Lipinski definition) is 7. The third-order valence-corrected chi connectivity index (χ3v) is 8.86. The van der Waals surface area contributed by atoms with Crippen molar-refractivity contribution in [1.82, 2.24) is 5.32 Å². The van der Waals surface area contributed by atoms with Gasteiger partial charge in [0.25, 0.3) is 5.91 Å². The maximum Gasteiger partial charge on any atom is 0.308 e. The zero-order chi connectivity index (χ0) is 30.1. The molecule has 4 rings (SSSR count). The number of rotatable bonds is 7. The van der Waals surface area contributed by atoms with E-state index in [9.17, 15) is 19.2 Å². The summed E-state index contributed by atoms with van der Waals surface area (Å²) in [6.45, 7) is 13.1. The Kier molecular flexibility index (Phi) is 8.62. The average Bonchev–Trinajstić information content (AvgIpc) is 2.87. The molecule has 1 amide bonds. The van der Waals surface area contributed by atoms with Crippen molar-refractivity contribution >= 4 is 23.8 Å². The van der Waals surface area contributed by atoms with Crippen LogP contribution in [-0.4, -0.2) is 30.4 Å². The van der Waals surface area contributed by atoms with Crippen LogP contribution in [-0.2, 0) is 26.2 Å². The maximum atomic E-state index is 13.5. The van der Waals surface area contributed by atoms with Crippen molar-refractivity contribution in [2.24, 2.45) is 11.3 Å². The van der Waals surface area contributed by atoms with Crippen LogP contribution in [0.5, 0.6) is 17.2 Å².